The van der Waals surface area contributed by atoms with Gasteiger partial charge in [0.15, 0.2) is 0 Å². The maximum absolute atomic E-state index is 11.6. The van der Waals surface area contributed by atoms with E-state index < -0.39 is 15.4 Å². The van der Waals surface area contributed by atoms with E-state index in [-0.39, 0.29) is 6.10 Å². The van der Waals surface area contributed by atoms with Crippen LogP contribution in [0.5, 0.6) is 0 Å². The molecule has 0 radical (unpaired) electrons. The Morgan fingerprint density at radius 1 is 0.607 bits per heavy atom. The van der Waals surface area contributed by atoms with Crippen molar-refractivity contribution in [2.24, 2.45) is 0 Å². The summed E-state index contributed by atoms with van der Waals surface area (Å²) in [6.07, 6.45) is 20.2. The van der Waals surface area contributed by atoms with Gasteiger partial charge in [-0.1, -0.05) is 110 Å². The summed E-state index contributed by atoms with van der Waals surface area (Å²) in [7, 11) is -3.94. The molecular weight excluding hydrogens is 372 g/mol. The summed E-state index contributed by atoms with van der Waals surface area (Å²) in [5.74, 6) is 0. The van der Waals surface area contributed by atoms with Gasteiger partial charge in [0, 0.05) is 0 Å². The Hall–Kier alpha value is -0.130. The lowest BCUT2D eigenvalue weighted by Crippen LogP contribution is -2.20. The van der Waals surface area contributed by atoms with E-state index in [4.69, 9.17) is 0 Å². The molecule has 0 fully saturated rings. The largest absolute Gasteiger partial charge is 0.393 e. The van der Waals surface area contributed by atoms with Crippen LogP contribution >= 0.6 is 0 Å². The Bertz CT molecular complexity index is 422. The third kappa shape index (κ3) is 17.9. The van der Waals surface area contributed by atoms with E-state index in [1.807, 2.05) is 6.92 Å². The first kappa shape index (κ1) is 27.9. The third-order valence-electron chi connectivity index (χ3n) is 5.84. The van der Waals surface area contributed by atoms with Gasteiger partial charge in [0.25, 0.3) is 10.1 Å². The fourth-order valence-electron chi connectivity index (χ4n) is 3.79. The quantitative estimate of drug-likeness (QED) is 0.154. The Kier molecular flexibility index (Phi) is 18.8. The van der Waals surface area contributed by atoms with Crippen LogP contribution in [0, 0.1) is 0 Å². The van der Waals surface area contributed by atoms with E-state index >= 15 is 0 Å². The fourth-order valence-corrected chi connectivity index (χ4v) is 4.72. The highest BCUT2D eigenvalue weighted by atomic mass is 32.2. The molecule has 170 valence electrons. The minimum atomic E-state index is -3.94. The molecule has 2 unspecified atom stereocenters. The first-order valence-corrected chi connectivity index (χ1v) is 13.6. The molecule has 0 aliphatic heterocycles. The molecule has 0 aliphatic rings. The van der Waals surface area contributed by atoms with Crippen LogP contribution in [0.4, 0.5) is 0 Å². The summed E-state index contributed by atoms with van der Waals surface area (Å²) in [4.78, 5) is 0. The standard InChI is InChI=1S/C23H48O4S/c1-3-5-6-7-8-9-10-11-12-13-14-17-20-23(28(25,26)27)21-18-15-16-19-22(24)4-2/h22-24H,3-21H2,1-2H3,(H,25,26,27). The van der Waals surface area contributed by atoms with Gasteiger partial charge in [-0.05, 0) is 25.7 Å². The van der Waals surface area contributed by atoms with Crippen molar-refractivity contribution in [1.82, 2.24) is 0 Å². The second kappa shape index (κ2) is 18.9. The maximum Gasteiger partial charge on any atom is 0.267 e. The van der Waals surface area contributed by atoms with Gasteiger partial charge in [0.1, 0.15) is 0 Å². The van der Waals surface area contributed by atoms with Crippen LogP contribution in [-0.2, 0) is 10.1 Å². The number of hydrogen-bond acceptors (Lipinski definition) is 3. The third-order valence-corrected chi connectivity index (χ3v) is 7.15. The smallest absolute Gasteiger partial charge is 0.267 e. The van der Waals surface area contributed by atoms with Crippen LogP contribution in [0.25, 0.3) is 0 Å². The Balaban J connectivity index is 3.66. The molecule has 4 nitrogen and oxygen atoms in total. The Labute approximate surface area is 175 Å². The molecule has 2 atom stereocenters. The predicted octanol–water partition coefficient (Wildman–Crippen LogP) is 7.06. The van der Waals surface area contributed by atoms with E-state index in [0.717, 1.165) is 44.9 Å². The van der Waals surface area contributed by atoms with E-state index in [2.05, 4.69) is 6.92 Å². The van der Waals surface area contributed by atoms with Crippen molar-refractivity contribution in [3.8, 4) is 0 Å². The van der Waals surface area contributed by atoms with Gasteiger partial charge < -0.3 is 5.11 Å². The van der Waals surface area contributed by atoms with Crippen molar-refractivity contribution in [3.63, 3.8) is 0 Å². The highest BCUT2D eigenvalue weighted by Crippen LogP contribution is 2.19. The van der Waals surface area contributed by atoms with E-state index in [0.29, 0.717) is 12.8 Å². The zero-order valence-corrected chi connectivity index (χ0v) is 19.5. The molecular formula is C23H48O4S. The number of aliphatic hydroxyl groups is 1. The molecule has 0 rings (SSSR count). The van der Waals surface area contributed by atoms with Gasteiger partial charge in [-0.25, -0.2) is 0 Å². The molecule has 0 saturated carbocycles. The normalized spacial score (nSPS) is 14.3. The molecule has 0 aromatic carbocycles. The highest BCUT2D eigenvalue weighted by Gasteiger charge is 2.21. The first-order chi connectivity index (χ1) is 13.4. The van der Waals surface area contributed by atoms with Crippen LogP contribution in [0.15, 0.2) is 0 Å². The summed E-state index contributed by atoms with van der Waals surface area (Å²) in [6.45, 7) is 4.21. The first-order valence-electron chi connectivity index (χ1n) is 12.1. The summed E-state index contributed by atoms with van der Waals surface area (Å²) in [5, 5.41) is 8.93. The minimum Gasteiger partial charge on any atom is -0.393 e. The summed E-state index contributed by atoms with van der Waals surface area (Å²) in [6, 6.07) is 0. The van der Waals surface area contributed by atoms with Crippen molar-refractivity contribution in [3.05, 3.63) is 0 Å². The van der Waals surface area contributed by atoms with Crippen molar-refractivity contribution in [1.29, 1.82) is 0 Å². The van der Waals surface area contributed by atoms with Crippen LogP contribution in [0.2, 0.25) is 0 Å². The molecule has 0 aliphatic carbocycles. The average Bonchev–Trinajstić information content (AvgIpc) is 2.65. The van der Waals surface area contributed by atoms with E-state index in [9.17, 15) is 18.1 Å². The molecule has 2 N–H and O–H groups in total. The van der Waals surface area contributed by atoms with Crippen LogP contribution < -0.4 is 0 Å². The molecule has 0 amide bonds. The van der Waals surface area contributed by atoms with Crippen molar-refractivity contribution in [2.45, 2.75) is 147 Å². The van der Waals surface area contributed by atoms with E-state index in [1.54, 1.807) is 0 Å². The molecule has 28 heavy (non-hydrogen) atoms. The average molecular weight is 421 g/mol. The molecule has 0 spiro atoms. The van der Waals surface area contributed by atoms with Crippen LogP contribution in [0.3, 0.4) is 0 Å². The van der Waals surface area contributed by atoms with Gasteiger partial charge in [-0.2, -0.15) is 8.42 Å². The summed E-state index contributed by atoms with van der Waals surface area (Å²) >= 11 is 0. The van der Waals surface area contributed by atoms with Crippen molar-refractivity contribution in [2.75, 3.05) is 0 Å². The number of unbranched alkanes of at least 4 members (excludes halogenated alkanes) is 13. The summed E-state index contributed by atoms with van der Waals surface area (Å²) < 4.78 is 32.7. The monoisotopic (exact) mass is 420 g/mol. The lowest BCUT2D eigenvalue weighted by atomic mass is 10.0. The lowest BCUT2D eigenvalue weighted by molar-refractivity contribution is 0.156. The number of hydrogen-bond donors (Lipinski definition) is 2. The van der Waals surface area contributed by atoms with Crippen molar-refractivity contribution < 1.29 is 18.1 Å². The van der Waals surface area contributed by atoms with Crippen LogP contribution in [-0.4, -0.2) is 29.4 Å². The Morgan fingerprint density at radius 2 is 0.964 bits per heavy atom. The van der Waals surface area contributed by atoms with Gasteiger partial charge in [-0.15, -0.1) is 0 Å². The molecule has 5 heteroatoms. The van der Waals surface area contributed by atoms with Gasteiger partial charge in [-0.3, -0.25) is 4.55 Å². The predicted molar refractivity (Wildman–Crippen MR) is 120 cm³/mol. The zero-order valence-electron chi connectivity index (χ0n) is 18.7. The molecule has 0 bridgehead atoms. The number of aliphatic hydroxyl groups excluding tert-OH is 1. The SMILES string of the molecule is CCCCCCCCCCCCCCC(CCCCCC(O)CC)S(=O)(=O)O. The molecule has 0 aromatic rings. The molecule has 0 heterocycles. The van der Waals surface area contributed by atoms with Gasteiger partial charge >= 0.3 is 0 Å². The zero-order chi connectivity index (χ0) is 21.1. The van der Waals surface area contributed by atoms with Gasteiger partial charge in [0.05, 0.1) is 11.4 Å². The second-order valence-corrected chi connectivity index (χ2v) is 10.2. The Morgan fingerprint density at radius 3 is 1.36 bits per heavy atom. The highest BCUT2D eigenvalue weighted by molar-refractivity contribution is 7.86. The topological polar surface area (TPSA) is 74.6 Å². The minimum absolute atomic E-state index is 0.238. The number of rotatable bonds is 21. The lowest BCUT2D eigenvalue weighted by Gasteiger charge is -2.14. The maximum atomic E-state index is 11.6. The van der Waals surface area contributed by atoms with Crippen molar-refractivity contribution >= 4 is 10.1 Å². The molecule has 0 aromatic heterocycles. The second-order valence-electron chi connectivity index (χ2n) is 8.51. The summed E-state index contributed by atoms with van der Waals surface area (Å²) in [5.41, 5.74) is 0. The van der Waals surface area contributed by atoms with Gasteiger partial charge in [0.2, 0.25) is 0 Å². The fraction of sp³-hybridized carbons (Fsp3) is 1.00. The molecule has 0 saturated heterocycles. The van der Waals surface area contributed by atoms with Crippen LogP contribution in [0.1, 0.15) is 136 Å². The van der Waals surface area contributed by atoms with E-state index in [1.165, 1.54) is 64.2 Å².